The standard InChI is InChI=1S/C14H27N5O/c1-10(2)9-19(8-7-17(4)5)14(20)13-12(15)11(3)16-18(13)6/h10H,7-9,15H2,1-6H3. The summed E-state index contributed by atoms with van der Waals surface area (Å²) in [7, 11) is 5.76. The molecule has 0 spiro atoms. The molecule has 6 nitrogen and oxygen atoms in total. The number of hydrogen-bond acceptors (Lipinski definition) is 4. The van der Waals surface area contributed by atoms with Gasteiger partial charge in [0.2, 0.25) is 0 Å². The third-order valence-electron chi connectivity index (χ3n) is 3.16. The summed E-state index contributed by atoms with van der Waals surface area (Å²) < 4.78 is 1.58. The Kier molecular flexibility index (Phi) is 5.56. The zero-order valence-corrected chi connectivity index (χ0v) is 13.5. The average Bonchev–Trinajstić information content (AvgIpc) is 2.57. The van der Waals surface area contributed by atoms with Crippen LogP contribution in [0.1, 0.15) is 30.0 Å². The SMILES string of the molecule is Cc1nn(C)c(C(=O)N(CCN(C)C)CC(C)C)c1N. The highest BCUT2D eigenvalue weighted by Gasteiger charge is 2.24. The molecule has 0 aromatic carbocycles. The van der Waals surface area contributed by atoms with E-state index >= 15 is 0 Å². The van der Waals surface area contributed by atoms with Crippen molar-refractivity contribution in [3.63, 3.8) is 0 Å². The van der Waals surface area contributed by atoms with Crippen molar-refractivity contribution >= 4 is 11.6 Å². The third-order valence-corrected chi connectivity index (χ3v) is 3.16. The van der Waals surface area contributed by atoms with Gasteiger partial charge in [0.1, 0.15) is 5.69 Å². The molecule has 0 radical (unpaired) electrons. The van der Waals surface area contributed by atoms with Crippen molar-refractivity contribution in [2.45, 2.75) is 20.8 Å². The molecule has 0 saturated heterocycles. The summed E-state index contributed by atoms with van der Waals surface area (Å²) in [6.45, 7) is 8.26. The predicted octanol–water partition coefficient (Wildman–Crippen LogP) is 0.971. The van der Waals surface area contributed by atoms with Crippen LogP contribution in [0.5, 0.6) is 0 Å². The van der Waals surface area contributed by atoms with Crippen molar-refractivity contribution in [2.75, 3.05) is 39.5 Å². The molecule has 0 unspecified atom stereocenters. The molecule has 1 aromatic heterocycles. The van der Waals surface area contributed by atoms with Gasteiger partial charge in [-0.1, -0.05) is 13.8 Å². The highest BCUT2D eigenvalue weighted by molar-refractivity contribution is 5.98. The van der Waals surface area contributed by atoms with Crippen LogP contribution in [0, 0.1) is 12.8 Å². The van der Waals surface area contributed by atoms with Gasteiger partial charge in [-0.3, -0.25) is 9.48 Å². The predicted molar refractivity (Wildman–Crippen MR) is 81.7 cm³/mol. The molecular formula is C14H27N5O. The first-order valence-corrected chi connectivity index (χ1v) is 6.97. The summed E-state index contributed by atoms with van der Waals surface area (Å²) >= 11 is 0. The molecular weight excluding hydrogens is 254 g/mol. The van der Waals surface area contributed by atoms with E-state index in [1.54, 1.807) is 11.7 Å². The van der Waals surface area contributed by atoms with Gasteiger partial charge in [0.05, 0.1) is 11.4 Å². The summed E-state index contributed by atoms with van der Waals surface area (Å²) in [5, 5.41) is 4.22. The van der Waals surface area contributed by atoms with E-state index in [9.17, 15) is 4.79 Å². The molecule has 2 N–H and O–H groups in total. The number of aromatic nitrogens is 2. The van der Waals surface area contributed by atoms with Crippen molar-refractivity contribution in [1.82, 2.24) is 19.6 Å². The Morgan fingerprint density at radius 1 is 1.35 bits per heavy atom. The first-order valence-electron chi connectivity index (χ1n) is 6.97. The average molecular weight is 281 g/mol. The molecule has 0 bridgehead atoms. The zero-order valence-electron chi connectivity index (χ0n) is 13.5. The molecule has 0 aliphatic rings. The van der Waals surface area contributed by atoms with Gasteiger partial charge < -0.3 is 15.5 Å². The van der Waals surface area contributed by atoms with Crippen LogP contribution in [-0.2, 0) is 7.05 Å². The second kappa shape index (κ2) is 6.74. The monoisotopic (exact) mass is 281 g/mol. The van der Waals surface area contributed by atoms with Crippen LogP contribution in [0.25, 0.3) is 0 Å². The van der Waals surface area contributed by atoms with Gasteiger partial charge in [-0.25, -0.2) is 0 Å². The molecule has 20 heavy (non-hydrogen) atoms. The molecule has 0 atom stereocenters. The van der Waals surface area contributed by atoms with Crippen LogP contribution >= 0.6 is 0 Å². The van der Waals surface area contributed by atoms with Gasteiger partial charge in [-0.05, 0) is 26.9 Å². The first-order chi connectivity index (χ1) is 9.23. The smallest absolute Gasteiger partial charge is 0.274 e. The molecule has 0 fully saturated rings. The highest BCUT2D eigenvalue weighted by Crippen LogP contribution is 2.18. The number of carbonyl (C=O) groups excluding carboxylic acids is 1. The summed E-state index contributed by atoms with van der Waals surface area (Å²) in [4.78, 5) is 16.6. The molecule has 1 aromatic rings. The maximum atomic E-state index is 12.7. The van der Waals surface area contributed by atoms with Crippen molar-refractivity contribution in [3.05, 3.63) is 11.4 Å². The van der Waals surface area contributed by atoms with E-state index in [2.05, 4.69) is 23.8 Å². The number of nitrogens with zero attached hydrogens (tertiary/aromatic N) is 4. The fraction of sp³-hybridized carbons (Fsp3) is 0.714. The number of amides is 1. The Hall–Kier alpha value is -1.56. The topological polar surface area (TPSA) is 67.4 Å². The Morgan fingerprint density at radius 3 is 2.35 bits per heavy atom. The molecule has 6 heteroatoms. The summed E-state index contributed by atoms with van der Waals surface area (Å²) in [6, 6.07) is 0. The number of anilines is 1. The van der Waals surface area contributed by atoms with Gasteiger partial charge in [-0.15, -0.1) is 0 Å². The molecule has 1 amide bonds. The van der Waals surface area contributed by atoms with Crippen LogP contribution < -0.4 is 5.73 Å². The van der Waals surface area contributed by atoms with E-state index in [1.165, 1.54) is 0 Å². The lowest BCUT2D eigenvalue weighted by Crippen LogP contribution is -2.40. The maximum Gasteiger partial charge on any atom is 0.274 e. The van der Waals surface area contributed by atoms with E-state index in [1.807, 2.05) is 25.9 Å². The Balaban J connectivity index is 2.97. The molecule has 0 aliphatic carbocycles. The minimum absolute atomic E-state index is 0.0406. The van der Waals surface area contributed by atoms with E-state index < -0.39 is 0 Å². The number of rotatable bonds is 6. The van der Waals surface area contributed by atoms with Crippen molar-refractivity contribution in [1.29, 1.82) is 0 Å². The van der Waals surface area contributed by atoms with Gasteiger partial charge in [0.15, 0.2) is 0 Å². The fourth-order valence-electron chi connectivity index (χ4n) is 2.12. The molecule has 0 saturated carbocycles. The number of nitrogen functional groups attached to an aromatic ring is 1. The van der Waals surface area contributed by atoms with Gasteiger partial charge in [0.25, 0.3) is 5.91 Å². The maximum absolute atomic E-state index is 12.7. The van der Waals surface area contributed by atoms with Crippen molar-refractivity contribution in [2.24, 2.45) is 13.0 Å². The van der Waals surface area contributed by atoms with E-state index in [4.69, 9.17) is 5.73 Å². The largest absolute Gasteiger partial charge is 0.395 e. The number of likely N-dealkylation sites (N-methyl/N-ethyl adjacent to an activating group) is 1. The van der Waals surface area contributed by atoms with Crippen LogP contribution in [0.15, 0.2) is 0 Å². The lowest BCUT2D eigenvalue weighted by atomic mass is 10.2. The number of carbonyl (C=O) groups is 1. The van der Waals surface area contributed by atoms with E-state index in [0.717, 1.165) is 13.1 Å². The second-order valence-corrected chi connectivity index (χ2v) is 5.92. The van der Waals surface area contributed by atoms with Crippen LogP contribution in [-0.4, -0.2) is 59.2 Å². The van der Waals surface area contributed by atoms with Crippen LogP contribution in [0.4, 0.5) is 5.69 Å². The molecule has 114 valence electrons. The molecule has 1 heterocycles. The lowest BCUT2D eigenvalue weighted by Gasteiger charge is -2.26. The highest BCUT2D eigenvalue weighted by atomic mass is 16.2. The zero-order chi connectivity index (χ0) is 15.4. The normalized spacial score (nSPS) is 11.4. The summed E-state index contributed by atoms with van der Waals surface area (Å²) in [5.41, 5.74) is 7.66. The van der Waals surface area contributed by atoms with Crippen molar-refractivity contribution < 1.29 is 4.79 Å². The first kappa shape index (κ1) is 16.5. The minimum Gasteiger partial charge on any atom is -0.395 e. The van der Waals surface area contributed by atoms with Crippen LogP contribution in [0.2, 0.25) is 0 Å². The van der Waals surface area contributed by atoms with Gasteiger partial charge >= 0.3 is 0 Å². The van der Waals surface area contributed by atoms with E-state index in [-0.39, 0.29) is 5.91 Å². The Morgan fingerprint density at radius 2 is 1.95 bits per heavy atom. The number of aryl methyl sites for hydroxylation is 2. The lowest BCUT2D eigenvalue weighted by molar-refractivity contribution is 0.0714. The van der Waals surface area contributed by atoms with Gasteiger partial charge in [0, 0.05) is 26.7 Å². The van der Waals surface area contributed by atoms with E-state index in [0.29, 0.717) is 29.5 Å². The second-order valence-electron chi connectivity index (χ2n) is 5.92. The third kappa shape index (κ3) is 3.96. The Bertz CT molecular complexity index is 464. The molecule has 1 rings (SSSR count). The summed E-state index contributed by atoms with van der Waals surface area (Å²) in [6.07, 6.45) is 0. The fourth-order valence-corrected chi connectivity index (χ4v) is 2.12. The quantitative estimate of drug-likeness (QED) is 0.843. The minimum atomic E-state index is -0.0406. The van der Waals surface area contributed by atoms with Crippen LogP contribution in [0.3, 0.4) is 0 Å². The number of hydrogen-bond donors (Lipinski definition) is 1. The van der Waals surface area contributed by atoms with Crippen molar-refractivity contribution in [3.8, 4) is 0 Å². The molecule has 0 aliphatic heterocycles. The summed E-state index contributed by atoms with van der Waals surface area (Å²) in [5.74, 6) is 0.373. The van der Waals surface area contributed by atoms with Gasteiger partial charge in [-0.2, -0.15) is 5.10 Å². The number of nitrogens with two attached hydrogens (primary N) is 1. The Labute approximate surface area is 121 Å².